The second-order valence-electron chi connectivity index (χ2n) is 3.25. The van der Waals surface area contributed by atoms with Crippen molar-refractivity contribution in [2.75, 3.05) is 33.2 Å². The van der Waals surface area contributed by atoms with E-state index in [1.807, 2.05) is 7.05 Å². The van der Waals surface area contributed by atoms with Crippen LogP contribution in [0, 0.1) is 0 Å². The van der Waals surface area contributed by atoms with E-state index < -0.39 is 5.97 Å². The first-order valence-corrected chi connectivity index (χ1v) is 5.12. The zero-order valence-electron chi connectivity index (χ0n) is 9.53. The molecule has 0 rings (SSSR count). The van der Waals surface area contributed by atoms with Gasteiger partial charge in [-0.2, -0.15) is 0 Å². The van der Waals surface area contributed by atoms with Crippen LogP contribution in [0.5, 0.6) is 0 Å². The molecule has 6 heteroatoms. The monoisotopic (exact) mass is 229 g/mol. The highest BCUT2D eigenvalue weighted by molar-refractivity contribution is 5.80. The summed E-state index contributed by atoms with van der Waals surface area (Å²) < 4.78 is 0. The van der Waals surface area contributed by atoms with E-state index in [9.17, 15) is 9.59 Å². The molecule has 0 fully saturated rings. The number of carboxylic acids is 1. The van der Waals surface area contributed by atoms with E-state index in [-0.39, 0.29) is 19.1 Å². The Labute approximate surface area is 95.3 Å². The molecule has 0 bridgehead atoms. The first-order valence-electron chi connectivity index (χ1n) is 5.12. The van der Waals surface area contributed by atoms with Crippen LogP contribution in [0.3, 0.4) is 0 Å². The molecule has 6 nitrogen and oxygen atoms in total. The third kappa shape index (κ3) is 6.83. The number of urea groups is 1. The number of nitrogens with zero attached hydrogens (tertiary/aromatic N) is 1. The molecule has 0 aromatic rings. The normalized spacial score (nSPS) is 9.56. The lowest BCUT2D eigenvalue weighted by Crippen LogP contribution is -2.43. The molecule has 92 valence electrons. The van der Waals surface area contributed by atoms with Gasteiger partial charge in [-0.25, -0.2) is 4.79 Å². The second-order valence-corrected chi connectivity index (χ2v) is 3.25. The molecule has 0 atom stereocenters. The molecular weight excluding hydrogens is 210 g/mol. The maximum absolute atomic E-state index is 11.5. The molecule has 0 spiro atoms. The maximum Gasteiger partial charge on any atom is 0.323 e. The van der Waals surface area contributed by atoms with Gasteiger partial charge in [0.25, 0.3) is 0 Å². The van der Waals surface area contributed by atoms with Crippen LogP contribution in [0.4, 0.5) is 4.79 Å². The molecule has 0 aliphatic rings. The van der Waals surface area contributed by atoms with E-state index in [1.54, 1.807) is 0 Å². The molecule has 0 aromatic carbocycles. The predicted octanol–water partition coefficient (Wildman–Crippen LogP) is -0.122. The Morgan fingerprint density at radius 1 is 1.44 bits per heavy atom. The molecule has 0 aromatic heterocycles. The lowest BCUT2D eigenvalue weighted by molar-refractivity contribution is -0.137. The zero-order valence-corrected chi connectivity index (χ0v) is 9.53. The van der Waals surface area contributed by atoms with Crippen molar-refractivity contribution in [3.05, 3.63) is 12.7 Å². The summed E-state index contributed by atoms with van der Waals surface area (Å²) in [4.78, 5) is 23.2. The number of aliphatic carboxylic acids is 1. The number of nitrogens with one attached hydrogen (secondary N) is 2. The highest BCUT2D eigenvalue weighted by Crippen LogP contribution is 1.90. The van der Waals surface area contributed by atoms with Gasteiger partial charge in [-0.15, -0.1) is 6.58 Å². The van der Waals surface area contributed by atoms with Gasteiger partial charge in [0, 0.05) is 13.1 Å². The Hall–Kier alpha value is -1.56. The lowest BCUT2D eigenvalue weighted by Gasteiger charge is -2.19. The van der Waals surface area contributed by atoms with E-state index >= 15 is 0 Å². The number of rotatable bonds is 8. The van der Waals surface area contributed by atoms with Crippen molar-refractivity contribution in [3.63, 3.8) is 0 Å². The number of carbonyl (C=O) groups is 2. The molecule has 0 saturated carbocycles. The SMILES string of the molecule is C=CCN(CC(=O)O)C(=O)NCCCNC. The second kappa shape index (κ2) is 8.72. The fraction of sp³-hybridized carbons (Fsp3) is 0.600. The molecule has 2 amide bonds. The van der Waals surface area contributed by atoms with Crippen LogP contribution in [-0.4, -0.2) is 55.2 Å². The standard InChI is InChI=1S/C10H19N3O3/c1-3-7-13(8-9(14)15)10(16)12-6-4-5-11-2/h3,11H,1,4-8H2,2H3,(H,12,16)(H,14,15). The minimum absolute atomic E-state index is 0.226. The van der Waals surface area contributed by atoms with Crippen LogP contribution in [0.2, 0.25) is 0 Å². The van der Waals surface area contributed by atoms with Crippen LogP contribution in [0.25, 0.3) is 0 Å². The number of carboxylic acid groups (broad SMARTS) is 1. The van der Waals surface area contributed by atoms with Crippen molar-refractivity contribution in [1.82, 2.24) is 15.5 Å². The van der Waals surface area contributed by atoms with Gasteiger partial charge < -0.3 is 20.6 Å². The minimum atomic E-state index is -1.03. The van der Waals surface area contributed by atoms with Crippen molar-refractivity contribution in [2.45, 2.75) is 6.42 Å². The summed E-state index contributed by atoms with van der Waals surface area (Å²) in [5.74, 6) is -1.03. The molecule has 16 heavy (non-hydrogen) atoms. The third-order valence-electron chi connectivity index (χ3n) is 1.84. The molecule has 0 aliphatic heterocycles. The van der Waals surface area contributed by atoms with Gasteiger partial charge in [-0.3, -0.25) is 4.79 Å². The summed E-state index contributed by atoms with van der Waals surface area (Å²) >= 11 is 0. The summed E-state index contributed by atoms with van der Waals surface area (Å²) in [5.41, 5.74) is 0. The first-order chi connectivity index (χ1) is 7.61. The quantitative estimate of drug-likeness (QED) is 0.400. The average molecular weight is 229 g/mol. The number of carbonyl (C=O) groups excluding carboxylic acids is 1. The van der Waals surface area contributed by atoms with Gasteiger partial charge in [-0.05, 0) is 20.0 Å². The molecule has 0 saturated heterocycles. The Kier molecular flexibility index (Phi) is 7.87. The summed E-state index contributed by atoms with van der Waals surface area (Å²) in [6.45, 7) is 4.71. The molecule has 0 radical (unpaired) electrons. The molecular formula is C10H19N3O3. The van der Waals surface area contributed by atoms with Gasteiger partial charge in [0.2, 0.25) is 0 Å². The van der Waals surface area contributed by atoms with Gasteiger partial charge in [0.15, 0.2) is 0 Å². The zero-order chi connectivity index (χ0) is 12.4. The summed E-state index contributed by atoms with van der Waals surface area (Å²) in [6.07, 6.45) is 2.30. The highest BCUT2D eigenvalue weighted by Gasteiger charge is 2.14. The van der Waals surface area contributed by atoms with Crippen LogP contribution in [0.1, 0.15) is 6.42 Å². The lowest BCUT2D eigenvalue weighted by atomic mass is 10.4. The molecule has 0 heterocycles. The van der Waals surface area contributed by atoms with Crippen LogP contribution in [0.15, 0.2) is 12.7 Å². The third-order valence-corrected chi connectivity index (χ3v) is 1.84. The fourth-order valence-electron chi connectivity index (χ4n) is 1.11. The van der Waals surface area contributed by atoms with Gasteiger partial charge in [0.1, 0.15) is 6.54 Å². The van der Waals surface area contributed by atoms with Crippen molar-refractivity contribution < 1.29 is 14.7 Å². The fourth-order valence-corrected chi connectivity index (χ4v) is 1.11. The van der Waals surface area contributed by atoms with Gasteiger partial charge >= 0.3 is 12.0 Å². The smallest absolute Gasteiger partial charge is 0.323 e. The van der Waals surface area contributed by atoms with E-state index in [0.29, 0.717) is 6.54 Å². The maximum atomic E-state index is 11.5. The first kappa shape index (κ1) is 14.4. The van der Waals surface area contributed by atoms with Crippen molar-refractivity contribution in [3.8, 4) is 0 Å². The topological polar surface area (TPSA) is 81.7 Å². The van der Waals surface area contributed by atoms with E-state index in [0.717, 1.165) is 13.0 Å². The number of hydrogen-bond acceptors (Lipinski definition) is 3. The molecule has 3 N–H and O–H groups in total. The Balaban J connectivity index is 3.96. The van der Waals surface area contributed by atoms with E-state index in [2.05, 4.69) is 17.2 Å². The highest BCUT2D eigenvalue weighted by atomic mass is 16.4. The van der Waals surface area contributed by atoms with Crippen LogP contribution >= 0.6 is 0 Å². The minimum Gasteiger partial charge on any atom is -0.480 e. The average Bonchev–Trinajstić information content (AvgIpc) is 2.23. The largest absolute Gasteiger partial charge is 0.480 e. The van der Waals surface area contributed by atoms with Crippen LogP contribution in [-0.2, 0) is 4.79 Å². The molecule has 0 unspecified atom stereocenters. The van der Waals surface area contributed by atoms with Gasteiger partial charge in [-0.1, -0.05) is 6.08 Å². The Morgan fingerprint density at radius 2 is 2.12 bits per heavy atom. The number of amides is 2. The summed E-state index contributed by atoms with van der Waals surface area (Å²) in [6, 6.07) is -0.376. The Morgan fingerprint density at radius 3 is 2.62 bits per heavy atom. The van der Waals surface area contributed by atoms with E-state index in [4.69, 9.17) is 5.11 Å². The molecule has 0 aliphatic carbocycles. The summed E-state index contributed by atoms with van der Waals surface area (Å²) in [5, 5.41) is 14.2. The Bertz CT molecular complexity index is 243. The predicted molar refractivity (Wildman–Crippen MR) is 61.3 cm³/mol. The van der Waals surface area contributed by atoms with Crippen LogP contribution < -0.4 is 10.6 Å². The number of hydrogen-bond donors (Lipinski definition) is 3. The van der Waals surface area contributed by atoms with Crippen molar-refractivity contribution >= 4 is 12.0 Å². The summed E-state index contributed by atoms with van der Waals surface area (Å²) in [7, 11) is 1.83. The van der Waals surface area contributed by atoms with E-state index in [1.165, 1.54) is 11.0 Å². The van der Waals surface area contributed by atoms with Gasteiger partial charge in [0.05, 0.1) is 0 Å². The van der Waals surface area contributed by atoms with Crippen molar-refractivity contribution in [1.29, 1.82) is 0 Å². The van der Waals surface area contributed by atoms with Crippen molar-refractivity contribution in [2.24, 2.45) is 0 Å².